The SMILES string of the molecule is Cc1nnc(SCC(=O)Nc2ccc(Cl)c([N+](=O)[O-])c2)s1. The molecule has 1 N–H and O–H groups in total. The lowest BCUT2D eigenvalue weighted by molar-refractivity contribution is -0.384. The summed E-state index contributed by atoms with van der Waals surface area (Å²) in [7, 11) is 0. The third-order valence-electron chi connectivity index (χ3n) is 2.26. The smallest absolute Gasteiger partial charge is 0.289 e. The van der Waals surface area contributed by atoms with E-state index in [9.17, 15) is 14.9 Å². The Morgan fingerprint density at radius 2 is 2.29 bits per heavy atom. The van der Waals surface area contributed by atoms with Crippen LogP contribution in [0.15, 0.2) is 22.5 Å². The van der Waals surface area contributed by atoms with Gasteiger partial charge in [0.25, 0.3) is 5.69 Å². The Morgan fingerprint density at radius 1 is 1.52 bits per heavy atom. The molecular formula is C11H9ClN4O3S2. The molecule has 0 unspecified atom stereocenters. The predicted molar refractivity (Wildman–Crippen MR) is 82.1 cm³/mol. The Labute approximate surface area is 132 Å². The number of carbonyl (C=O) groups is 1. The van der Waals surface area contributed by atoms with Gasteiger partial charge in [-0.05, 0) is 19.1 Å². The van der Waals surface area contributed by atoms with Crippen molar-refractivity contribution in [3.63, 3.8) is 0 Å². The van der Waals surface area contributed by atoms with Gasteiger partial charge in [0.1, 0.15) is 10.0 Å². The summed E-state index contributed by atoms with van der Waals surface area (Å²) in [5.41, 5.74) is 0.0759. The van der Waals surface area contributed by atoms with Gasteiger partial charge in [0.2, 0.25) is 5.91 Å². The highest BCUT2D eigenvalue weighted by Crippen LogP contribution is 2.27. The standard InChI is InChI=1S/C11H9ClN4O3S2/c1-6-14-15-11(21-6)20-5-10(17)13-7-2-3-8(12)9(4-7)16(18)19/h2-4H,5H2,1H3,(H,13,17). The Kier molecular flexibility index (Phi) is 5.10. The second kappa shape index (κ2) is 6.83. The molecule has 0 spiro atoms. The number of benzene rings is 1. The molecule has 21 heavy (non-hydrogen) atoms. The molecule has 1 aromatic heterocycles. The third-order valence-corrected chi connectivity index (χ3v) is 4.55. The van der Waals surface area contributed by atoms with Gasteiger partial charge >= 0.3 is 0 Å². The van der Waals surface area contributed by atoms with E-state index in [1.807, 2.05) is 6.92 Å². The number of anilines is 1. The van der Waals surface area contributed by atoms with Gasteiger partial charge in [-0.1, -0.05) is 34.7 Å². The second-order valence-corrected chi connectivity index (χ2v) is 6.66. The summed E-state index contributed by atoms with van der Waals surface area (Å²) in [4.78, 5) is 21.9. The van der Waals surface area contributed by atoms with Gasteiger partial charge in [-0.2, -0.15) is 0 Å². The molecule has 1 amide bonds. The summed E-state index contributed by atoms with van der Waals surface area (Å²) >= 11 is 8.35. The maximum atomic E-state index is 11.8. The number of carbonyl (C=O) groups excluding carboxylic acids is 1. The fraction of sp³-hybridized carbons (Fsp3) is 0.182. The number of amides is 1. The lowest BCUT2D eigenvalue weighted by atomic mass is 10.3. The molecule has 1 heterocycles. The number of hydrogen-bond acceptors (Lipinski definition) is 7. The normalized spacial score (nSPS) is 10.4. The molecule has 10 heteroatoms. The first-order valence-corrected chi connectivity index (χ1v) is 7.80. The van der Waals surface area contributed by atoms with Crippen LogP contribution in [-0.2, 0) is 4.79 Å². The van der Waals surface area contributed by atoms with Crippen LogP contribution in [0.2, 0.25) is 5.02 Å². The first kappa shape index (κ1) is 15.7. The Morgan fingerprint density at radius 3 is 2.90 bits per heavy atom. The van der Waals surface area contributed by atoms with E-state index in [1.54, 1.807) is 0 Å². The highest BCUT2D eigenvalue weighted by Gasteiger charge is 2.14. The van der Waals surface area contributed by atoms with Crippen molar-refractivity contribution in [1.82, 2.24) is 10.2 Å². The van der Waals surface area contributed by atoms with E-state index >= 15 is 0 Å². The molecular weight excluding hydrogens is 336 g/mol. The minimum atomic E-state index is -0.600. The molecule has 2 aromatic rings. The van der Waals surface area contributed by atoms with Gasteiger partial charge in [0, 0.05) is 11.8 Å². The fourth-order valence-corrected chi connectivity index (χ4v) is 3.19. The monoisotopic (exact) mass is 344 g/mol. The molecule has 0 fully saturated rings. The number of rotatable bonds is 5. The van der Waals surface area contributed by atoms with E-state index in [0.717, 1.165) is 5.01 Å². The van der Waals surface area contributed by atoms with E-state index in [-0.39, 0.29) is 22.4 Å². The van der Waals surface area contributed by atoms with E-state index in [2.05, 4.69) is 15.5 Å². The number of aryl methyl sites for hydroxylation is 1. The molecule has 1 aromatic carbocycles. The Balaban J connectivity index is 1.96. The Hall–Kier alpha value is -1.71. The molecule has 0 atom stereocenters. The van der Waals surface area contributed by atoms with Crippen LogP contribution in [0.3, 0.4) is 0 Å². The minimum Gasteiger partial charge on any atom is -0.325 e. The number of nitro benzene ring substituents is 1. The summed E-state index contributed by atoms with van der Waals surface area (Å²) in [6.07, 6.45) is 0. The molecule has 0 aliphatic heterocycles. The zero-order valence-corrected chi connectivity index (χ0v) is 13.1. The largest absolute Gasteiger partial charge is 0.325 e. The molecule has 7 nitrogen and oxygen atoms in total. The summed E-state index contributed by atoms with van der Waals surface area (Å²) in [5, 5.41) is 21.9. The second-order valence-electron chi connectivity index (χ2n) is 3.85. The fourth-order valence-electron chi connectivity index (χ4n) is 1.39. The van der Waals surface area contributed by atoms with Crippen molar-refractivity contribution < 1.29 is 9.72 Å². The zero-order valence-electron chi connectivity index (χ0n) is 10.7. The molecule has 0 saturated heterocycles. The zero-order chi connectivity index (χ0) is 15.4. The molecule has 0 aliphatic rings. The Bertz CT molecular complexity index is 692. The van der Waals surface area contributed by atoms with Crippen molar-refractivity contribution in [2.75, 3.05) is 11.1 Å². The van der Waals surface area contributed by atoms with Gasteiger partial charge in [0.15, 0.2) is 4.34 Å². The first-order valence-electron chi connectivity index (χ1n) is 5.62. The highest BCUT2D eigenvalue weighted by molar-refractivity contribution is 8.01. The molecule has 0 radical (unpaired) electrons. The summed E-state index contributed by atoms with van der Waals surface area (Å²) in [5.74, 6) is -0.144. The van der Waals surface area contributed by atoms with Crippen LogP contribution in [0.25, 0.3) is 0 Å². The van der Waals surface area contributed by atoms with Gasteiger partial charge < -0.3 is 5.32 Å². The van der Waals surface area contributed by atoms with E-state index in [4.69, 9.17) is 11.6 Å². The average molecular weight is 345 g/mol. The topological polar surface area (TPSA) is 98.0 Å². The van der Waals surface area contributed by atoms with Crippen LogP contribution < -0.4 is 5.32 Å². The van der Waals surface area contributed by atoms with Crippen molar-refractivity contribution in [2.45, 2.75) is 11.3 Å². The third kappa shape index (κ3) is 4.38. The number of hydrogen-bond donors (Lipinski definition) is 1. The van der Waals surface area contributed by atoms with Gasteiger partial charge in [0.05, 0.1) is 10.7 Å². The van der Waals surface area contributed by atoms with Crippen molar-refractivity contribution in [3.8, 4) is 0 Å². The first-order chi connectivity index (χ1) is 9.95. The van der Waals surface area contributed by atoms with Crippen LogP contribution in [0.4, 0.5) is 11.4 Å². The minimum absolute atomic E-state index is 0.0247. The van der Waals surface area contributed by atoms with Crippen molar-refractivity contribution in [2.24, 2.45) is 0 Å². The quantitative estimate of drug-likeness (QED) is 0.508. The number of nitro groups is 1. The van der Waals surface area contributed by atoms with Crippen LogP contribution in [0, 0.1) is 17.0 Å². The molecule has 2 rings (SSSR count). The predicted octanol–water partition coefficient (Wildman–Crippen LogP) is 3.14. The summed E-state index contributed by atoms with van der Waals surface area (Å²) < 4.78 is 0.699. The van der Waals surface area contributed by atoms with Crippen molar-refractivity contribution in [1.29, 1.82) is 0 Å². The average Bonchev–Trinajstić information content (AvgIpc) is 2.84. The number of aromatic nitrogens is 2. The van der Waals surface area contributed by atoms with Crippen LogP contribution in [0.5, 0.6) is 0 Å². The van der Waals surface area contributed by atoms with Crippen LogP contribution in [0.1, 0.15) is 5.01 Å². The lowest BCUT2D eigenvalue weighted by Crippen LogP contribution is -2.14. The van der Waals surface area contributed by atoms with Crippen LogP contribution >= 0.6 is 34.7 Å². The van der Waals surface area contributed by atoms with Crippen molar-refractivity contribution in [3.05, 3.63) is 38.3 Å². The number of thioether (sulfide) groups is 1. The number of nitrogens with one attached hydrogen (secondary N) is 1. The molecule has 0 bridgehead atoms. The molecule has 0 saturated carbocycles. The summed E-state index contributed by atoms with van der Waals surface area (Å²) in [6.45, 7) is 1.83. The lowest BCUT2D eigenvalue weighted by Gasteiger charge is -2.04. The number of nitrogens with zero attached hydrogens (tertiary/aromatic N) is 3. The van der Waals surface area contributed by atoms with Gasteiger partial charge in [-0.15, -0.1) is 10.2 Å². The number of halogens is 1. The van der Waals surface area contributed by atoms with Gasteiger partial charge in [-0.25, -0.2) is 0 Å². The highest BCUT2D eigenvalue weighted by atomic mass is 35.5. The van der Waals surface area contributed by atoms with E-state index in [1.165, 1.54) is 41.3 Å². The maximum absolute atomic E-state index is 11.8. The van der Waals surface area contributed by atoms with Gasteiger partial charge in [-0.3, -0.25) is 14.9 Å². The van der Waals surface area contributed by atoms with E-state index in [0.29, 0.717) is 10.0 Å². The van der Waals surface area contributed by atoms with Crippen molar-refractivity contribution >= 4 is 52.0 Å². The van der Waals surface area contributed by atoms with Crippen LogP contribution in [-0.4, -0.2) is 26.8 Å². The maximum Gasteiger partial charge on any atom is 0.289 e. The molecule has 0 aliphatic carbocycles. The molecule has 110 valence electrons. The summed E-state index contributed by atoms with van der Waals surface area (Å²) in [6, 6.07) is 4.10. The van der Waals surface area contributed by atoms with E-state index < -0.39 is 4.92 Å².